The molecule has 20 heavy (non-hydrogen) atoms. The third kappa shape index (κ3) is 2.94. The molecule has 0 spiro atoms. The Morgan fingerprint density at radius 1 is 0.950 bits per heavy atom. The van der Waals surface area contributed by atoms with Gasteiger partial charge in [0.2, 0.25) is 0 Å². The van der Waals surface area contributed by atoms with Gasteiger partial charge in [-0.1, -0.05) is 17.7 Å². The molecule has 3 heteroatoms. The van der Waals surface area contributed by atoms with E-state index in [9.17, 15) is 0 Å². The van der Waals surface area contributed by atoms with E-state index in [0.29, 0.717) is 0 Å². The van der Waals surface area contributed by atoms with Crippen molar-refractivity contribution in [3.8, 4) is 22.6 Å². The largest absolute Gasteiger partial charge is 0.497 e. The van der Waals surface area contributed by atoms with Crippen molar-refractivity contribution in [2.45, 2.75) is 13.5 Å². The van der Waals surface area contributed by atoms with Gasteiger partial charge in [0.15, 0.2) is 0 Å². The molecule has 0 fully saturated rings. The van der Waals surface area contributed by atoms with Gasteiger partial charge < -0.3 is 14.8 Å². The number of nitrogens with one attached hydrogen (secondary N) is 1. The fraction of sp³-hybridized carbons (Fsp3) is 0.294. The Hall–Kier alpha value is -2.00. The van der Waals surface area contributed by atoms with E-state index in [0.717, 1.165) is 23.6 Å². The molecule has 3 nitrogen and oxygen atoms in total. The van der Waals surface area contributed by atoms with E-state index < -0.39 is 0 Å². The van der Waals surface area contributed by atoms with Crippen LogP contribution in [0.1, 0.15) is 11.1 Å². The van der Waals surface area contributed by atoms with Gasteiger partial charge in [0.05, 0.1) is 14.2 Å². The van der Waals surface area contributed by atoms with Crippen molar-refractivity contribution >= 4 is 0 Å². The molecule has 0 aliphatic rings. The van der Waals surface area contributed by atoms with Gasteiger partial charge in [-0.3, -0.25) is 0 Å². The lowest BCUT2D eigenvalue weighted by atomic mass is 9.97. The van der Waals surface area contributed by atoms with Crippen molar-refractivity contribution < 1.29 is 9.47 Å². The summed E-state index contributed by atoms with van der Waals surface area (Å²) in [5.41, 5.74) is 4.68. The Balaban J connectivity index is 2.59. The minimum absolute atomic E-state index is 0.781. The number of ether oxygens (including phenoxy) is 2. The van der Waals surface area contributed by atoms with Crippen LogP contribution in [0.5, 0.6) is 11.5 Å². The first kappa shape index (κ1) is 14.4. The summed E-state index contributed by atoms with van der Waals surface area (Å²) in [6, 6.07) is 12.4. The predicted molar refractivity (Wildman–Crippen MR) is 82.5 cm³/mol. The highest BCUT2D eigenvalue weighted by Crippen LogP contribution is 2.34. The SMILES string of the molecule is CNCc1cc(OC)ccc1-c1cc(C)ccc1OC. The Kier molecular flexibility index (Phi) is 4.64. The molecule has 0 aliphatic heterocycles. The lowest BCUT2D eigenvalue weighted by Crippen LogP contribution is -2.07. The first-order valence-corrected chi connectivity index (χ1v) is 6.66. The van der Waals surface area contributed by atoms with Gasteiger partial charge >= 0.3 is 0 Å². The maximum absolute atomic E-state index is 5.49. The molecule has 0 aromatic heterocycles. The van der Waals surface area contributed by atoms with Crippen LogP contribution in [0, 0.1) is 6.92 Å². The van der Waals surface area contributed by atoms with Gasteiger partial charge in [-0.15, -0.1) is 0 Å². The maximum atomic E-state index is 5.49. The van der Waals surface area contributed by atoms with Crippen LogP contribution < -0.4 is 14.8 Å². The number of hydrogen-bond acceptors (Lipinski definition) is 3. The van der Waals surface area contributed by atoms with E-state index in [1.165, 1.54) is 16.7 Å². The van der Waals surface area contributed by atoms with Gasteiger partial charge in [-0.2, -0.15) is 0 Å². The van der Waals surface area contributed by atoms with E-state index >= 15 is 0 Å². The fourth-order valence-corrected chi connectivity index (χ4v) is 2.33. The Morgan fingerprint density at radius 3 is 2.40 bits per heavy atom. The molecule has 0 unspecified atom stereocenters. The average molecular weight is 271 g/mol. The molecule has 0 heterocycles. The van der Waals surface area contributed by atoms with Crippen molar-refractivity contribution in [2.75, 3.05) is 21.3 Å². The van der Waals surface area contributed by atoms with Gasteiger partial charge in [0.1, 0.15) is 11.5 Å². The Morgan fingerprint density at radius 2 is 1.75 bits per heavy atom. The highest BCUT2D eigenvalue weighted by atomic mass is 16.5. The van der Waals surface area contributed by atoms with Gasteiger partial charge in [-0.25, -0.2) is 0 Å². The molecule has 0 bridgehead atoms. The van der Waals surface area contributed by atoms with Crippen LogP contribution in [0.3, 0.4) is 0 Å². The second-order valence-corrected chi connectivity index (χ2v) is 4.76. The molecule has 1 N–H and O–H groups in total. The van der Waals surface area contributed by atoms with Crippen LogP contribution >= 0.6 is 0 Å². The van der Waals surface area contributed by atoms with Crippen LogP contribution in [0.15, 0.2) is 36.4 Å². The summed E-state index contributed by atoms with van der Waals surface area (Å²) in [6.45, 7) is 2.87. The zero-order valence-electron chi connectivity index (χ0n) is 12.5. The van der Waals surface area contributed by atoms with E-state index in [1.807, 2.05) is 19.2 Å². The average Bonchev–Trinajstić information content (AvgIpc) is 2.47. The van der Waals surface area contributed by atoms with E-state index in [4.69, 9.17) is 9.47 Å². The number of rotatable bonds is 5. The van der Waals surface area contributed by atoms with Gasteiger partial charge in [0, 0.05) is 12.1 Å². The topological polar surface area (TPSA) is 30.5 Å². The summed E-state index contributed by atoms with van der Waals surface area (Å²) in [4.78, 5) is 0. The molecule has 106 valence electrons. The van der Waals surface area contributed by atoms with Crippen molar-refractivity contribution in [3.63, 3.8) is 0 Å². The second-order valence-electron chi connectivity index (χ2n) is 4.76. The number of aryl methyl sites for hydroxylation is 1. The number of benzene rings is 2. The molecule has 0 atom stereocenters. The van der Waals surface area contributed by atoms with E-state index in [1.54, 1.807) is 14.2 Å². The summed E-state index contributed by atoms with van der Waals surface area (Å²) in [7, 11) is 5.33. The summed E-state index contributed by atoms with van der Waals surface area (Å²) in [5.74, 6) is 1.75. The lowest BCUT2D eigenvalue weighted by molar-refractivity contribution is 0.413. The third-order valence-corrected chi connectivity index (χ3v) is 3.32. The molecule has 2 aromatic rings. The first-order valence-electron chi connectivity index (χ1n) is 6.66. The number of methoxy groups -OCH3 is 2. The molecular weight excluding hydrogens is 250 g/mol. The zero-order valence-corrected chi connectivity index (χ0v) is 12.5. The van der Waals surface area contributed by atoms with Crippen molar-refractivity contribution in [3.05, 3.63) is 47.5 Å². The minimum Gasteiger partial charge on any atom is -0.497 e. The van der Waals surface area contributed by atoms with Crippen molar-refractivity contribution in [1.29, 1.82) is 0 Å². The van der Waals surface area contributed by atoms with Gasteiger partial charge in [-0.05, 0) is 49.4 Å². The van der Waals surface area contributed by atoms with Gasteiger partial charge in [0.25, 0.3) is 0 Å². The smallest absolute Gasteiger partial charge is 0.126 e. The summed E-state index contributed by atoms with van der Waals surface area (Å²) < 4.78 is 10.8. The minimum atomic E-state index is 0.781. The molecule has 2 rings (SSSR count). The summed E-state index contributed by atoms with van der Waals surface area (Å²) in [5, 5.41) is 3.20. The van der Waals surface area contributed by atoms with Crippen LogP contribution in [-0.2, 0) is 6.54 Å². The van der Waals surface area contributed by atoms with Crippen LogP contribution in [0.2, 0.25) is 0 Å². The lowest BCUT2D eigenvalue weighted by Gasteiger charge is -2.15. The Bertz CT molecular complexity index is 594. The van der Waals surface area contributed by atoms with Crippen LogP contribution in [-0.4, -0.2) is 21.3 Å². The number of hydrogen-bond donors (Lipinski definition) is 1. The Labute approximate surface area is 120 Å². The summed E-state index contributed by atoms with van der Waals surface area (Å²) in [6.07, 6.45) is 0. The molecule has 0 saturated carbocycles. The third-order valence-electron chi connectivity index (χ3n) is 3.32. The van der Waals surface area contributed by atoms with E-state index in [-0.39, 0.29) is 0 Å². The van der Waals surface area contributed by atoms with Crippen LogP contribution in [0.25, 0.3) is 11.1 Å². The fourth-order valence-electron chi connectivity index (χ4n) is 2.33. The van der Waals surface area contributed by atoms with Crippen molar-refractivity contribution in [1.82, 2.24) is 5.32 Å². The molecule has 2 aromatic carbocycles. The standard InChI is InChI=1S/C17H21NO2/c1-12-5-8-17(20-4)16(9-12)15-7-6-14(19-3)10-13(15)11-18-2/h5-10,18H,11H2,1-4H3. The molecular formula is C17H21NO2. The summed E-state index contributed by atoms with van der Waals surface area (Å²) >= 11 is 0. The molecule has 0 aliphatic carbocycles. The molecule has 0 saturated heterocycles. The monoisotopic (exact) mass is 271 g/mol. The normalized spacial score (nSPS) is 10.4. The zero-order chi connectivity index (χ0) is 14.5. The maximum Gasteiger partial charge on any atom is 0.126 e. The second kappa shape index (κ2) is 6.44. The highest BCUT2D eigenvalue weighted by Gasteiger charge is 2.11. The predicted octanol–water partition coefficient (Wildman–Crippen LogP) is 3.40. The van der Waals surface area contributed by atoms with E-state index in [2.05, 4.69) is 36.5 Å². The quantitative estimate of drug-likeness (QED) is 0.904. The molecule has 0 radical (unpaired) electrons. The molecule has 0 amide bonds. The first-order chi connectivity index (χ1) is 9.69. The highest BCUT2D eigenvalue weighted by molar-refractivity contribution is 5.74. The van der Waals surface area contributed by atoms with Crippen LogP contribution in [0.4, 0.5) is 0 Å². The van der Waals surface area contributed by atoms with Crippen molar-refractivity contribution in [2.24, 2.45) is 0 Å².